The Labute approximate surface area is 149 Å². The quantitative estimate of drug-likeness (QED) is 0.793. The second kappa shape index (κ2) is 8.50. The predicted molar refractivity (Wildman–Crippen MR) is 94.5 cm³/mol. The van der Waals surface area contributed by atoms with Gasteiger partial charge in [0.1, 0.15) is 0 Å². The van der Waals surface area contributed by atoms with Crippen LogP contribution < -0.4 is 5.32 Å². The standard InChI is InChI=1S/C19H29N3O3/c23-18(24)10-9-15(12-14-6-2-1-3-7-14)21-19(25)16-13-20-22-11-5-4-8-17(16)22/h13-15H,1-12H2,(H,21,25)(H,23,24). The van der Waals surface area contributed by atoms with Crippen LogP contribution in [0.2, 0.25) is 0 Å². The third-order valence-corrected chi connectivity index (χ3v) is 5.61. The van der Waals surface area contributed by atoms with Gasteiger partial charge in [-0.25, -0.2) is 0 Å². The maximum Gasteiger partial charge on any atom is 0.303 e. The van der Waals surface area contributed by atoms with E-state index in [0.717, 1.165) is 37.9 Å². The Balaban J connectivity index is 1.64. The molecule has 1 saturated carbocycles. The molecule has 138 valence electrons. The van der Waals surface area contributed by atoms with Crippen molar-refractivity contribution in [3.8, 4) is 0 Å². The highest BCUT2D eigenvalue weighted by Gasteiger charge is 2.24. The smallest absolute Gasteiger partial charge is 0.303 e. The van der Waals surface area contributed by atoms with E-state index < -0.39 is 5.97 Å². The van der Waals surface area contributed by atoms with Crippen LogP contribution in [-0.2, 0) is 17.8 Å². The number of amides is 1. The van der Waals surface area contributed by atoms with E-state index in [0.29, 0.717) is 17.9 Å². The number of carboxylic acid groups (broad SMARTS) is 1. The van der Waals surface area contributed by atoms with Crippen molar-refractivity contribution in [2.75, 3.05) is 0 Å². The van der Waals surface area contributed by atoms with Crippen LogP contribution in [0.3, 0.4) is 0 Å². The molecule has 0 spiro atoms. The lowest BCUT2D eigenvalue weighted by Crippen LogP contribution is -2.37. The number of aryl methyl sites for hydroxylation is 1. The number of hydrogen-bond donors (Lipinski definition) is 2. The van der Waals surface area contributed by atoms with Crippen LogP contribution >= 0.6 is 0 Å². The van der Waals surface area contributed by atoms with Gasteiger partial charge in [-0.15, -0.1) is 0 Å². The lowest BCUT2D eigenvalue weighted by atomic mass is 9.84. The van der Waals surface area contributed by atoms with Gasteiger partial charge in [0.25, 0.3) is 5.91 Å². The molecule has 1 aromatic heterocycles. The van der Waals surface area contributed by atoms with Crippen molar-refractivity contribution >= 4 is 11.9 Å². The zero-order valence-electron chi connectivity index (χ0n) is 14.9. The number of nitrogens with one attached hydrogen (secondary N) is 1. The normalized spacial score (nSPS) is 19.2. The van der Waals surface area contributed by atoms with Crippen molar-refractivity contribution < 1.29 is 14.7 Å². The maximum atomic E-state index is 12.8. The fraction of sp³-hybridized carbons (Fsp3) is 0.737. The molecule has 0 aromatic carbocycles. The molecule has 3 rings (SSSR count). The highest BCUT2D eigenvalue weighted by atomic mass is 16.4. The molecule has 2 heterocycles. The van der Waals surface area contributed by atoms with Gasteiger partial charge in [-0.05, 0) is 38.0 Å². The van der Waals surface area contributed by atoms with Gasteiger partial charge in [-0.3, -0.25) is 14.3 Å². The fourth-order valence-corrected chi connectivity index (χ4v) is 4.25. The van der Waals surface area contributed by atoms with E-state index >= 15 is 0 Å². The molecule has 1 unspecified atom stereocenters. The Morgan fingerprint density at radius 2 is 2.04 bits per heavy atom. The van der Waals surface area contributed by atoms with Gasteiger partial charge < -0.3 is 10.4 Å². The van der Waals surface area contributed by atoms with Crippen molar-refractivity contribution in [3.05, 3.63) is 17.5 Å². The summed E-state index contributed by atoms with van der Waals surface area (Å²) in [7, 11) is 0. The van der Waals surface area contributed by atoms with Crippen LogP contribution in [0.5, 0.6) is 0 Å². The Bertz CT molecular complexity index is 605. The topological polar surface area (TPSA) is 84.2 Å². The molecule has 6 heteroatoms. The molecule has 2 aliphatic rings. The van der Waals surface area contributed by atoms with Gasteiger partial charge in [-0.2, -0.15) is 5.10 Å². The number of carbonyl (C=O) groups excluding carboxylic acids is 1. The largest absolute Gasteiger partial charge is 0.481 e. The minimum Gasteiger partial charge on any atom is -0.481 e. The van der Waals surface area contributed by atoms with E-state index in [1.807, 2.05) is 4.68 Å². The summed E-state index contributed by atoms with van der Waals surface area (Å²) in [6.45, 7) is 0.882. The predicted octanol–water partition coefficient (Wildman–Crippen LogP) is 3.15. The molecule has 6 nitrogen and oxygen atoms in total. The Morgan fingerprint density at radius 3 is 2.80 bits per heavy atom. The van der Waals surface area contributed by atoms with Gasteiger partial charge in [0.15, 0.2) is 0 Å². The van der Waals surface area contributed by atoms with Gasteiger partial charge in [-0.1, -0.05) is 32.1 Å². The van der Waals surface area contributed by atoms with Gasteiger partial charge in [0.05, 0.1) is 17.5 Å². The first-order chi connectivity index (χ1) is 12.1. The summed E-state index contributed by atoms with van der Waals surface area (Å²) < 4.78 is 1.94. The second-order valence-electron chi connectivity index (χ2n) is 7.53. The van der Waals surface area contributed by atoms with Crippen LogP contribution in [0, 0.1) is 5.92 Å². The minimum absolute atomic E-state index is 0.0640. The molecule has 0 saturated heterocycles. The van der Waals surface area contributed by atoms with Gasteiger partial charge >= 0.3 is 5.97 Å². The summed E-state index contributed by atoms with van der Waals surface area (Å²) in [6.07, 6.45) is 12.5. The second-order valence-corrected chi connectivity index (χ2v) is 7.53. The molecule has 1 amide bonds. The van der Waals surface area contributed by atoms with Crippen LogP contribution in [0.1, 0.15) is 80.3 Å². The van der Waals surface area contributed by atoms with E-state index in [9.17, 15) is 9.59 Å². The lowest BCUT2D eigenvalue weighted by Gasteiger charge is -2.27. The van der Waals surface area contributed by atoms with Crippen LogP contribution in [-0.4, -0.2) is 32.8 Å². The van der Waals surface area contributed by atoms with Gasteiger partial charge in [0.2, 0.25) is 0 Å². The van der Waals surface area contributed by atoms with Crippen molar-refractivity contribution in [1.82, 2.24) is 15.1 Å². The van der Waals surface area contributed by atoms with E-state index in [-0.39, 0.29) is 18.4 Å². The Morgan fingerprint density at radius 1 is 1.24 bits per heavy atom. The number of rotatable bonds is 7. The molecule has 1 atom stereocenters. The molecular formula is C19H29N3O3. The molecular weight excluding hydrogens is 318 g/mol. The SMILES string of the molecule is O=C(O)CCC(CC1CCCCC1)NC(=O)c1cnn2c1CCCC2. The number of nitrogens with zero attached hydrogens (tertiary/aromatic N) is 2. The summed E-state index contributed by atoms with van der Waals surface area (Å²) in [4.78, 5) is 23.7. The summed E-state index contributed by atoms with van der Waals surface area (Å²) >= 11 is 0. The molecule has 0 radical (unpaired) electrons. The molecule has 1 fully saturated rings. The summed E-state index contributed by atoms with van der Waals surface area (Å²) in [5, 5.41) is 16.5. The summed E-state index contributed by atoms with van der Waals surface area (Å²) in [5.41, 5.74) is 1.70. The van der Waals surface area contributed by atoms with E-state index in [1.54, 1.807) is 6.20 Å². The van der Waals surface area contributed by atoms with E-state index in [1.165, 1.54) is 32.1 Å². The monoisotopic (exact) mass is 347 g/mol. The third kappa shape index (κ3) is 4.83. The first-order valence-electron chi connectivity index (χ1n) is 9.71. The van der Waals surface area contributed by atoms with E-state index in [2.05, 4.69) is 10.4 Å². The van der Waals surface area contributed by atoms with Crippen molar-refractivity contribution in [2.24, 2.45) is 5.92 Å². The number of carboxylic acids is 1. The Kier molecular flexibility index (Phi) is 6.10. The molecule has 1 aliphatic carbocycles. The summed E-state index contributed by atoms with van der Waals surface area (Å²) in [6, 6.07) is -0.0640. The Hall–Kier alpha value is -1.85. The number of aromatic nitrogens is 2. The zero-order valence-corrected chi connectivity index (χ0v) is 14.9. The molecule has 2 N–H and O–H groups in total. The zero-order chi connectivity index (χ0) is 17.6. The highest BCUT2D eigenvalue weighted by molar-refractivity contribution is 5.95. The molecule has 25 heavy (non-hydrogen) atoms. The van der Waals surface area contributed by atoms with Crippen molar-refractivity contribution in [3.63, 3.8) is 0 Å². The van der Waals surface area contributed by atoms with Crippen molar-refractivity contribution in [1.29, 1.82) is 0 Å². The summed E-state index contributed by atoms with van der Waals surface area (Å²) in [5.74, 6) is -0.283. The number of aliphatic carboxylic acids is 1. The first-order valence-corrected chi connectivity index (χ1v) is 9.71. The molecule has 1 aromatic rings. The van der Waals surface area contributed by atoms with Crippen LogP contribution in [0.4, 0.5) is 0 Å². The number of fused-ring (bicyclic) bond motifs is 1. The van der Waals surface area contributed by atoms with Crippen molar-refractivity contribution in [2.45, 2.75) is 83.2 Å². The lowest BCUT2D eigenvalue weighted by molar-refractivity contribution is -0.137. The van der Waals surface area contributed by atoms with Crippen LogP contribution in [0.15, 0.2) is 6.20 Å². The van der Waals surface area contributed by atoms with Crippen LogP contribution in [0.25, 0.3) is 0 Å². The minimum atomic E-state index is -0.800. The third-order valence-electron chi connectivity index (χ3n) is 5.61. The number of hydrogen-bond acceptors (Lipinski definition) is 3. The number of carbonyl (C=O) groups is 2. The maximum absolute atomic E-state index is 12.8. The van der Waals surface area contributed by atoms with E-state index in [4.69, 9.17) is 5.11 Å². The highest BCUT2D eigenvalue weighted by Crippen LogP contribution is 2.28. The first kappa shape index (κ1) is 18.0. The molecule has 1 aliphatic heterocycles. The average Bonchev–Trinajstić information content (AvgIpc) is 3.04. The average molecular weight is 347 g/mol. The van der Waals surface area contributed by atoms with Gasteiger partial charge in [0, 0.05) is 19.0 Å². The fourth-order valence-electron chi connectivity index (χ4n) is 4.25. The molecule has 0 bridgehead atoms.